The fourth-order valence-corrected chi connectivity index (χ4v) is 3.33. The molecule has 0 aliphatic carbocycles. The van der Waals surface area contributed by atoms with Crippen LogP contribution >= 0.6 is 0 Å². The van der Waals surface area contributed by atoms with Crippen molar-refractivity contribution in [2.45, 2.75) is 37.6 Å². The normalized spacial score (nSPS) is 23.2. The molecule has 0 saturated carbocycles. The maximum absolute atomic E-state index is 12.2. The lowest BCUT2D eigenvalue weighted by atomic mass is 10.2. The topological polar surface area (TPSA) is 52.6 Å². The third-order valence-corrected chi connectivity index (χ3v) is 4.65. The van der Waals surface area contributed by atoms with E-state index < -0.39 is 21.7 Å². The van der Waals surface area contributed by atoms with Crippen LogP contribution in [0, 0.1) is 6.92 Å². The molecular weight excluding hydrogens is 252 g/mol. The second-order valence-electron chi connectivity index (χ2n) is 5.05. The minimum atomic E-state index is -3.32. The molecule has 1 aliphatic rings. The molecule has 1 saturated heterocycles. The van der Waals surface area contributed by atoms with Crippen LogP contribution in [-0.2, 0) is 19.3 Å². The Bertz CT molecular complexity index is 516. The molecule has 1 aromatic carbocycles. The van der Waals surface area contributed by atoms with Gasteiger partial charge in [-0.1, -0.05) is 17.7 Å². The summed E-state index contributed by atoms with van der Waals surface area (Å²) >= 11 is 0. The van der Waals surface area contributed by atoms with Crippen molar-refractivity contribution in [2.75, 3.05) is 12.4 Å². The van der Waals surface area contributed by atoms with E-state index in [9.17, 15) is 8.42 Å². The van der Waals surface area contributed by atoms with E-state index in [1.54, 1.807) is 38.1 Å². The molecule has 5 heteroatoms. The predicted molar refractivity (Wildman–Crippen MR) is 68.1 cm³/mol. The summed E-state index contributed by atoms with van der Waals surface area (Å²) < 4.78 is 35.2. The van der Waals surface area contributed by atoms with Crippen LogP contribution in [0.1, 0.15) is 19.4 Å². The van der Waals surface area contributed by atoms with Crippen molar-refractivity contribution in [3.8, 4) is 0 Å². The maximum atomic E-state index is 12.2. The number of sulfone groups is 1. The fourth-order valence-electron chi connectivity index (χ4n) is 1.93. The Labute approximate surface area is 108 Å². The average Bonchev–Trinajstić information content (AvgIpc) is 2.57. The number of hydrogen-bond acceptors (Lipinski definition) is 4. The summed E-state index contributed by atoms with van der Waals surface area (Å²) in [4.78, 5) is 0.335. The first-order valence-corrected chi connectivity index (χ1v) is 7.55. The summed E-state index contributed by atoms with van der Waals surface area (Å²) in [7, 11) is -3.32. The van der Waals surface area contributed by atoms with E-state index in [4.69, 9.17) is 9.47 Å². The van der Waals surface area contributed by atoms with Crippen molar-refractivity contribution in [1.29, 1.82) is 0 Å². The zero-order valence-electron chi connectivity index (χ0n) is 10.8. The molecule has 0 unspecified atom stereocenters. The van der Waals surface area contributed by atoms with Gasteiger partial charge in [-0.2, -0.15) is 0 Å². The summed E-state index contributed by atoms with van der Waals surface area (Å²) in [5, 5.41) is 0. The summed E-state index contributed by atoms with van der Waals surface area (Å²) in [6, 6.07) is 6.85. The lowest BCUT2D eigenvalue weighted by molar-refractivity contribution is -0.135. The highest BCUT2D eigenvalue weighted by molar-refractivity contribution is 7.91. The van der Waals surface area contributed by atoms with Crippen molar-refractivity contribution in [3.63, 3.8) is 0 Å². The van der Waals surface area contributed by atoms with Gasteiger partial charge in [-0.3, -0.25) is 0 Å². The third kappa shape index (κ3) is 3.10. The molecule has 0 aromatic heterocycles. The summed E-state index contributed by atoms with van der Waals surface area (Å²) in [6.07, 6.45) is -0.397. The van der Waals surface area contributed by atoms with E-state index in [2.05, 4.69) is 0 Å². The van der Waals surface area contributed by atoms with E-state index >= 15 is 0 Å². The number of aryl methyl sites for hydroxylation is 1. The standard InChI is InChI=1S/C13H18O4S/c1-10-4-6-12(7-5-10)18(14,15)9-11-8-16-13(2,3)17-11/h4-7,11H,8-9H2,1-3H3/t11-/m0/s1. The molecule has 1 fully saturated rings. The van der Waals surface area contributed by atoms with Gasteiger partial charge in [-0.05, 0) is 32.9 Å². The van der Waals surface area contributed by atoms with Crippen LogP contribution in [-0.4, -0.2) is 32.7 Å². The van der Waals surface area contributed by atoms with Gasteiger partial charge in [0, 0.05) is 0 Å². The second kappa shape index (κ2) is 4.64. The average molecular weight is 270 g/mol. The van der Waals surface area contributed by atoms with Crippen molar-refractivity contribution in [2.24, 2.45) is 0 Å². The molecular formula is C13H18O4S. The van der Waals surface area contributed by atoms with E-state index in [1.807, 2.05) is 6.92 Å². The summed E-state index contributed by atoms with van der Waals surface area (Å²) in [5.74, 6) is -0.729. The van der Waals surface area contributed by atoms with Gasteiger partial charge >= 0.3 is 0 Å². The molecule has 1 aromatic rings. The van der Waals surface area contributed by atoms with Crippen molar-refractivity contribution >= 4 is 9.84 Å². The highest BCUT2D eigenvalue weighted by Gasteiger charge is 2.35. The van der Waals surface area contributed by atoms with E-state index in [1.165, 1.54) is 0 Å². The first kappa shape index (κ1) is 13.5. The molecule has 0 N–H and O–H groups in total. The Kier molecular flexibility index (Phi) is 3.49. The first-order chi connectivity index (χ1) is 8.28. The lowest BCUT2D eigenvalue weighted by Crippen LogP contribution is -2.26. The van der Waals surface area contributed by atoms with E-state index in [-0.39, 0.29) is 5.75 Å². The van der Waals surface area contributed by atoms with Crippen LogP contribution in [0.15, 0.2) is 29.2 Å². The molecule has 0 amide bonds. The van der Waals surface area contributed by atoms with Crippen LogP contribution in [0.2, 0.25) is 0 Å². The summed E-state index contributed by atoms with van der Waals surface area (Å²) in [6.45, 7) is 5.81. The monoisotopic (exact) mass is 270 g/mol. The number of rotatable bonds is 3. The molecule has 2 rings (SSSR count). The summed E-state index contributed by atoms with van der Waals surface area (Å²) in [5.41, 5.74) is 1.04. The SMILES string of the molecule is Cc1ccc(S(=O)(=O)C[C@@H]2COC(C)(C)O2)cc1. The van der Waals surface area contributed by atoms with E-state index in [0.29, 0.717) is 11.5 Å². The maximum Gasteiger partial charge on any atom is 0.181 e. The zero-order chi connectivity index (χ0) is 13.4. The Hall–Kier alpha value is -0.910. The van der Waals surface area contributed by atoms with Gasteiger partial charge in [0.2, 0.25) is 0 Å². The Balaban J connectivity index is 2.11. The van der Waals surface area contributed by atoms with Gasteiger partial charge in [0.05, 0.1) is 23.4 Å². The molecule has 100 valence electrons. The van der Waals surface area contributed by atoms with Gasteiger partial charge < -0.3 is 9.47 Å². The Morgan fingerprint density at radius 3 is 2.39 bits per heavy atom. The Morgan fingerprint density at radius 1 is 1.28 bits per heavy atom. The van der Waals surface area contributed by atoms with Gasteiger partial charge in [0.1, 0.15) is 0 Å². The van der Waals surface area contributed by atoms with Crippen LogP contribution in [0.3, 0.4) is 0 Å². The second-order valence-corrected chi connectivity index (χ2v) is 7.08. The third-order valence-electron chi connectivity index (χ3n) is 2.85. The predicted octanol–water partition coefficient (Wildman–Crippen LogP) is 1.92. The zero-order valence-corrected chi connectivity index (χ0v) is 11.7. The van der Waals surface area contributed by atoms with Crippen LogP contribution < -0.4 is 0 Å². The minimum absolute atomic E-state index is 0.0422. The molecule has 0 radical (unpaired) electrons. The van der Waals surface area contributed by atoms with E-state index in [0.717, 1.165) is 5.56 Å². The minimum Gasteiger partial charge on any atom is -0.348 e. The largest absolute Gasteiger partial charge is 0.348 e. The molecule has 0 spiro atoms. The smallest absolute Gasteiger partial charge is 0.181 e. The van der Waals surface area contributed by atoms with Crippen LogP contribution in [0.4, 0.5) is 0 Å². The highest BCUT2D eigenvalue weighted by atomic mass is 32.2. The molecule has 4 nitrogen and oxygen atoms in total. The lowest BCUT2D eigenvalue weighted by Gasteiger charge is -2.17. The molecule has 18 heavy (non-hydrogen) atoms. The van der Waals surface area contributed by atoms with Gasteiger partial charge in [-0.25, -0.2) is 8.42 Å². The fraction of sp³-hybridized carbons (Fsp3) is 0.538. The van der Waals surface area contributed by atoms with Gasteiger partial charge in [0.15, 0.2) is 15.6 Å². The van der Waals surface area contributed by atoms with Crippen molar-refractivity contribution < 1.29 is 17.9 Å². The molecule has 1 heterocycles. The quantitative estimate of drug-likeness (QED) is 0.842. The van der Waals surface area contributed by atoms with Crippen molar-refractivity contribution in [3.05, 3.63) is 29.8 Å². The molecule has 1 aliphatic heterocycles. The number of benzene rings is 1. The first-order valence-electron chi connectivity index (χ1n) is 5.90. The van der Waals surface area contributed by atoms with Crippen LogP contribution in [0.25, 0.3) is 0 Å². The Morgan fingerprint density at radius 2 is 1.89 bits per heavy atom. The van der Waals surface area contributed by atoms with Crippen molar-refractivity contribution in [1.82, 2.24) is 0 Å². The highest BCUT2D eigenvalue weighted by Crippen LogP contribution is 2.24. The molecule has 1 atom stereocenters. The van der Waals surface area contributed by atoms with Crippen LogP contribution in [0.5, 0.6) is 0 Å². The van der Waals surface area contributed by atoms with Gasteiger partial charge in [0.25, 0.3) is 0 Å². The van der Waals surface area contributed by atoms with Gasteiger partial charge in [-0.15, -0.1) is 0 Å². The number of ether oxygens (including phenoxy) is 2. The number of hydrogen-bond donors (Lipinski definition) is 0. The molecule has 0 bridgehead atoms.